The Bertz CT molecular complexity index is 735. The van der Waals surface area contributed by atoms with E-state index >= 15 is 0 Å². The molecule has 0 fully saturated rings. The van der Waals surface area contributed by atoms with Gasteiger partial charge in [-0.1, -0.05) is 6.92 Å². The van der Waals surface area contributed by atoms with Crippen LogP contribution in [0, 0.1) is 6.92 Å². The third-order valence-electron chi connectivity index (χ3n) is 3.02. The highest BCUT2D eigenvalue weighted by Gasteiger charge is 2.11. The lowest BCUT2D eigenvalue weighted by Crippen LogP contribution is -2.12. The van der Waals surface area contributed by atoms with Crippen molar-refractivity contribution < 1.29 is 13.2 Å². The number of hydrogen-bond acceptors (Lipinski definition) is 4. The van der Waals surface area contributed by atoms with Crippen molar-refractivity contribution in [2.75, 3.05) is 11.1 Å². The van der Waals surface area contributed by atoms with Crippen molar-refractivity contribution in [1.29, 1.82) is 0 Å². The summed E-state index contributed by atoms with van der Waals surface area (Å²) in [4.78, 5) is 16.3. The van der Waals surface area contributed by atoms with Crippen LogP contribution < -0.4 is 5.32 Å². The van der Waals surface area contributed by atoms with Crippen LogP contribution in [0.3, 0.4) is 0 Å². The molecule has 21 heavy (non-hydrogen) atoms. The smallest absolute Gasteiger partial charge is 0.257 e. The number of anilines is 1. The van der Waals surface area contributed by atoms with Crippen molar-refractivity contribution in [1.82, 2.24) is 4.98 Å². The Morgan fingerprint density at radius 1 is 1.14 bits per heavy atom. The molecule has 1 amide bonds. The molecule has 0 spiro atoms. The summed E-state index contributed by atoms with van der Waals surface area (Å²) >= 11 is 0. The van der Waals surface area contributed by atoms with Crippen LogP contribution in [0.5, 0.6) is 0 Å². The minimum absolute atomic E-state index is 0.0493. The monoisotopic (exact) mass is 304 g/mol. The Balaban J connectivity index is 2.13. The third kappa shape index (κ3) is 3.66. The van der Waals surface area contributed by atoms with E-state index in [2.05, 4.69) is 10.3 Å². The molecular formula is C15H16N2O3S. The number of benzene rings is 1. The normalized spacial score (nSPS) is 11.1. The summed E-state index contributed by atoms with van der Waals surface area (Å²) in [5.74, 6) is -0.234. The van der Waals surface area contributed by atoms with Crippen LogP contribution in [0.1, 0.15) is 23.0 Å². The van der Waals surface area contributed by atoms with Crippen LogP contribution in [0.4, 0.5) is 5.69 Å². The highest BCUT2D eigenvalue weighted by atomic mass is 32.2. The lowest BCUT2D eigenvalue weighted by molar-refractivity contribution is 0.102. The number of carbonyl (C=O) groups is 1. The number of hydrogen-bond donors (Lipinski definition) is 1. The second-order valence-corrected chi connectivity index (χ2v) is 6.85. The van der Waals surface area contributed by atoms with Crippen LogP contribution in [0.25, 0.3) is 0 Å². The fourth-order valence-electron chi connectivity index (χ4n) is 1.72. The second kappa shape index (κ2) is 6.05. The molecule has 2 rings (SSSR count). The Morgan fingerprint density at radius 3 is 2.33 bits per heavy atom. The molecule has 110 valence electrons. The van der Waals surface area contributed by atoms with Crippen molar-refractivity contribution in [3.05, 3.63) is 53.9 Å². The minimum Gasteiger partial charge on any atom is -0.322 e. The Labute approximate surface area is 124 Å². The summed E-state index contributed by atoms with van der Waals surface area (Å²) in [5, 5.41) is 2.70. The molecule has 0 bridgehead atoms. The van der Waals surface area contributed by atoms with E-state index in [1.54, 1.807) is 31.2 Å². The molecule has 0 aliphatic rings. The molecule has 0 saturated carbocycles. The van der Waals surface area contributed by atoms with Gasteiger partial charge in [0.25, 0.3) is 5.91 Å². The second-order valence-electron chi connectivity index (χ2n) is 4.57. The fraction of sp³-hybridized carbons (Fsp3) is 0.200. The first-order valence-corrected chi connectivity index (χ1v) is 8.14. The SMILES string of the molecule is CCS(=O)(=O)c1ccc(NC(=O)c2ccc(C)nc2)cc1. The van der Waals surface area contributed by atoms with Gasteiger partial charge in [-0.15, -0.1) is 0 Å². The highest BCUT2D eigenvalue weighted by molar-refractivity contribution is 7.91. The van der Waals surface area contributed by atoms with Gasteiger partial charge in [-0.05, 0) is 43.3 Å². The van der Waals surface area contributed by atoms with Crippen molar-refractivity contribution in [2.45, 2.75) is 18.7 Å². The topological polar surface area (TPSA) is 76.1 Å². The molecule has 0 radical (unpaired) electrons. The zero-order valence-electron chi connectivity index (χ0n) is 11.8. The molecule has 2 aromatic rings. The van der Waals surface area contributed by atoms with Gasteiger partial charge in [-0.2, -0.15) is 0 Å². The van der Waals surface area contributed by atoms with Crippen molar-refractivity contribution >= 4 is 21.4 Å². The molecule has 0 unspecified atom stereocenters. The standard InChI is InChI=1S/C15H16N2O3S/c1-3-21(19,20)14-8-6-13(7-9-14)17-15(18)12-5-4-11(2)16-10-12/h4-10H,3H2,1-2H3,(H,17,18). The third-order valence-corrected chi connectivity index (χ3v) is 4.78. The van der Waals surface area contributed by atoms with Crippen LogP contribution in [0.15, 0.2) is 47.5 Å². The van der Waals surface area contributed by atoms with Gasteiger partial charge in [0, 0.05) is 17.6 Å². The van der Waals surface area contributed by atoms with Crippen molar-refractivity contribution in [2.24, 2.45) is 0 Å². The lowest BCUT2D eigenvalue weighted by atomic mass is 10.2. The van der Waals surface area contributed by atoms with E-state index in [0.29, 0.717) is 11.3 Å². The number of rotatable bonds is 4. The largest absolute Gasteiger partial charge is 0.322 e. The number of amides is 1. The summed E-state index contributed by atoms with van der Waals surface area (Å²) < 4.78 is 23.4. The molecular weight excluding hydrogens is 288 g/mol. The number of carbonyl (C=O) groups excluding carboxylic acids is 1. The number of pyridine rings is 1. The average Bonchev–Trinajstić information content (AvgIpc) is 2.48. The number of aryl methyl sites for hydroxylation is 1. The van der Waals surface area contributed by atoms with Crippen molar-refractivity contribution in [3.63, 3.8) is 0 Å². The van der Waals surface area contributed by atoms with E-state index in [1.807, 2.05) is 6.92 Å². The zero-order chi connectivity index (χ0) is 15.5. The van der Waals surface area contributed by atoms with Crippen LogP contribution in [0.2, 0.25) is 0 Å². The number of nitrogens with one attached hydrogen (secondary N) is 1. The quantitative estimate of drug-likeness (QED) is 0.941. The number of sulfone groups is 1. The molecule has 1 N–H and O–H groups in total. The van der Waals surface area contributed by atoms with Gasteiger partial charge >= 0.3 is 0 Å². The van der Waals surface area contributed by atoms with Gasteiger partial charge in [0.2, 0.25) is 0 Å². The predicted molar refractivity (Wildman–Crippen MR) is 81.1 cm³/mol. The van der Waals surface area contributed by atoms with E-state index in [9.17, 15) is 13.2 Å². The summed E-state index contributed by atoms with van der Waals surface area (Å²) in [6, 6.07) is 9.56. The maximum Gasteiger partial charge on any atom is 0.257 e. The van der Waals surface area contributed by atoms with Gasteiger partial charge in [0.15, 0.2) is 9.84 Å². The number of nitrogens with zero attached hydrogens (tertiary/aromatic N) is 1. The van der Waals surface area contributed by atoms with E-state index in [-0.39, 0.29) is 16.6 Å². The summed E-state index contributed by atoms with van der Waals surface area (Å²) in [6.45, 7) is 3.43. The van der Waals surface area contributed by atoms with Crippen molar-refractivity contribution in [3.8, 4) is 0 Å². The first-order chi connectivity index (χ1) is 9.92. The maximum absolute atomic E-state index is 12.0. The summed E-state index contributed by atoms with van der Waals surface area (Å²) in [6.07, 6.45) is 1.50. The van der Waals surface area contributed by atoms with E-state index < -0.39 is 9.84 Å². The molecule has 0 atom stereocenters. The van der Waals surface area contributed by atoms with Gasteiger partial charge < -0.3 is 5.32 Å². The molecule has 1 heterocycles. The van der Waals surface area contributed by atoms with E-state index in [4.69, 9.17) is 0 Å². The van der Waals surface area contributed by atoms with E-state index in [1.165, 1.54) is 18.3 Å². The summed E-state index contributed by atoms with van der Waals surface area (Å²) in [7, 11) is -3.22. The van der Waals surface area contributed by atoms with Gasteiger partial charge in [-0.3, -0.25) is 9.78 Å². The molecule has 0 aliphatic heterocycles. The predicted octanol–water partition coefficient (Wildman–Crippen LogP) is 2.44. The van der Waals surface area contributed by atoms with Gasteiger partial charge in [0.1, 0.15) is 0 Å². The summed E-state index contributed by atoms with van der Waals surface area (Å²) in [5.41, 5.74) is 1.82. The molecule has 6 heteroatoms. The minimum atomic E-state index is -3.22. The molecule has 1 aromatic carbocycles. The molecule has 0 saturated heterocycles. The van der Waals surface area contributed by atoms with Gasteiger partial charge in [-0.25, -0.2) is 8.42 Å². The Morgan fingerprint density at radius 2 is 1.81 bits per heavy atom. The Hall–Kier alpha value is -2.21. The molecule has 0 aliphatic carbocycles. The fourth-order valence-corrected chi connectivity index (χ4v) is 2.60. The zero-order valence-corrected chi connectivity index (χ0v) is 12.6. The first-order valence-electron chi connectivity index (χ1n) is 6.49. The number of aromatic nitrogens is 1. The highest BCUT2D eigenvalue weighted by Crippen LogP contribution is 2.16. The first kappa shape index (κ1) is 15.2. The van der Waals surface area contributed by atoms with E-state index in [0.717, 1.165) is 5.69 Å². The van der Waals surface area contributed by atoms with Crippen LogP contribution in [-0.4, -0.2) is 25.1 Å². The maximum atomic E-state index is 12.0. The van der Waals surface area contributed by atoms with Crippen LogP contribution in [-0.2, 0) is 9.84 Å². The Kier molecular flexibility index (Phi) is 4.37. The average molecular weight is 304 g/mol. The van der Waals surface area contributed by atoms with Crippen LogP contribution >= 0.6 is 0 Å². The lowest BCUT2D eigenvalue weighted by Gasteiger charge is -2.06. The van der Waals surface area contributed by atoms with Gasteiger partial charge in [0.05, 0.1) is 16.2 Å². The molecule has 5 nitrogen and oxygen atoms in total. The molecule has 1 aromatic heterocycles.